The van der Waals surface area contributed by atoms with Gasteiger partial charge >= 0.3 is 0 Å². The number of thioether (sulfide) groups is 1. The highest BCUT2D eigenvalue weighted by molar-refractivity contribution is 8.18. The third kappa shape index (κ3) is 5.26. The van der Waals surface area contributed by atoms with E-state index < -0.39 is 0 Å². The summed E-state index contributed by atoms with van der Waals surface area (Å²) in [5, 5.41) is 0.678. The van der Waals surface area contributed by atoms with Gasteiger partial charge in [0.1, 0.15) is 18.2 Å². The fourth-order valence-corrected chi connectivity index (χ4v) is 4.36. The summed E-state index contributed by atoms with van der Waals surface area (Å²) < 4.78 is 19.0. The molecule has 162 valence electrons. The number of hydrogen-bond donors (Lipinski definition) is 0. The molecular formula is C26H23FN2O2S. The first-order valence-electron chi connectivity index (χ1n) is 10.3. The van der Waals surface area contributed by atoms with Crippen LogP contribution in [0.4, 0.5) is 10.1 Å². The Kier molecular flexibility index (Phi) is 6.71. The van der Waals surface area contributed by atoms with Crippen LogP contribution in [-0.2, 0) is 11.4 Å². The van der Waals surface area contributed by atoms with Crippen molar-refractivity contribution in [2.45, 2.75) is 26.5 Å². The van der Waals surface area contributed by atoms with Crippen LogP contribution in [0, 0.1) is 5.82 Å². The quantitative estimate of drug-likeness (QED) is 0.411. The molecule has 3 aromatic rings. The zero-order chi connectivity index (χ0) is 22.5. The molecule has 0 N–H and O–H groups in total. The van der Waals surface area contributed by atoms with Crippen molar-refractivity contribution in [3.05, 3.63) is 101 Å². The summed E-state index contributed by atoms with van der Waals surface area (Å²) in [5.41, 5.74) is 2.47. The average Bonchev–Trinajstić information content (AvgIpc) is 3.08. The van der Waals surface area contributed by atoms with E-state index in [1.807, 2.05) is 80.6 Å². The highest BCUT2D eigenvalue weighted by Gasteiger charge is 2.35. The smallest absolute Gasteiger partial charge is 0.266 e. The molecule has 3 aromatic carbocycles. The molecular weight excluding hydrogens is 423 g/mol. The standard InChI is InChI=1S/C26H23FN2O2S/c1-18(2)29-25(30)24(32-26(29)28-22-9-4-3-5-10-22)16-19-11-13-23(14-12-19)31-17-20-7-6-8-21(27)15-20/h3-16,18H,17H2,1-2H3/b24-16+,28-26?. The van der Waals surface area contributed by atoms with Crippen LogP contribution in [0.15, 0.2) is 88.8 Å². The maximum Gasteiger partial charge on any atom is 0.266 e. The van der Waals surface area contributed by atoms with E-state index >= 15 is 0 Å². The highest BCUT2D eigenvalue weighted by atomic mass is 32.2. The van der Waals surface area contributed by atoms with Gasteiger partial charge in [-0.05, 0) is 79.2 Å². The van der Waals surface area contributed by atoms with Crippen LogP contribution in [-0.4, -0.2) is 22.0 Å². The van der Waals surface area contributed by atoms with Gasteiger partial charge in [0, 0.05) is 6.04 Å². The van der Waals surface area contributed by atoms with Crippen LogP contribution < -0.4 is 4.74 Å². The minimum atomic E-state index is -0.280. The molecule has 0 bridgehead atoms. The van der Waals surface area contributed by atoms with E-state index in [0.29, 0.717) is 15.8 Å². The number of amidine groups is 1. The number of hydrogen-bond acceptors (Lipinski definition) is 4. The Morgan fingerprint density at radius 2 is 1.78 bits per heavy atom. The second-order valence-electron chi connectivity index (χ2n) is 7.60. The molecule has 0 saturated carbocycles. The number of carbonyl (C=O) groups excluding carboxylic acids is 1. The molecule has 6 heteroatoms. The third-order valence-electron chi connectivity index (χ3n) is 4.81. The van der Waals surface area contributed by atoms with Crippen molar-refractivity contribution in [3.8, 4) is 5.75 Å². The van der Waals surface area contributed by atoms with E-state index in [9.17, 15) is 9.18 Å². The number of benzene rings is 3. The van der Waals surface area contributed by atoms with Crippen molar-refractivity contribution in [1.82, 2.24) is 4.90 Å². The van der Waals surface area contributed by atoms with E-state index in [2.05, 4.69) is 4.99 Å². The molecule has 0 unspecified atom stereocenters. The molecule has 4 rings (SSSR count). The van der Waals surface area contributed by atoms with Crippen molar-refractivity contribution in [1.29, 1.82) is 0 Å². The van der Waals surface area contributed by atoms with Crippen LogP contribution >= 0.6 is 11.8 Å². The molecule has 0 aromatic heterocycles. The number of amides is 1. The lowest BCUT2D eigenvalue weighted by Gasteiger charge is -2.19. The Bertz CT molecular complexity index is 1160. The molecule has 32 heavy (non-hydrogen) atoms. The number of aliphatic imine (C=N–C) groups is 1. The van der Waals surface area contributed by atoms with Gasteiger partial charge in [-0.25, -0.2) is 9.38 Å². The molecule has 1 fully saturated rings. The van der Waals surface area contributed by atoms with Crippen LogP contribution in [0.3, 0.4) is 0 Å². The lowest BCUT2D eigenvalue weighted by atomic mass is 10.2. The summed E-state index contributed by atoms with van der Waals surface area (Å²) in [7, 11) is 0. The summed E-state index contributed by atoms with van der Waals surface area (Å²) in [6, 6.07) is 23.4. The lowest BCUT2D eigenvalue weighted by Crippen LogP contribution is -2.35. The van der Waals surface area contributed by atoms with Gasteiger partial charge < -0.3 is 4.74 Å². The molecule has 1 aliphatic heterocycles. The van der Waals surface area contributed by atoms with E-state index in [0.717, 1.165) is 16.8 Å². The van der Waals surface area contributed by atoms with E-state index in [4.69, 9.17) is 4.74 Å². The molecule has 1 heterocycles. The van der Waals surface area contributed by atoms with Crippen molar-refractivity contribution >= 4 is 34.6 Å². The summed E-state index contributed by atoms with van der Waals surface area (Å²) >= 11 is 1.38. The molecule has 4 nitrogen and oxygen atoms in total. The van der Waals surface area contributed by atoms with Crippen LogP contribution in [0.1, 0.15) is 25.0 Å². The fraction of sp³-hybridized carbons (Fsp3) is 0.154. The average molecular weight is 447 g/mol. The van der Waals surface area contributed by atoms with E-state index in [-0.39, 0.29) is 24.4 Å². The predicted octanol–water partition coefficient (Wildman–Crippen LogP) is 6.42. The van der Waals surface area contributed by atoms with Gasteiger partial charge in [-0.3, -0.25) is 9.69 Å². The largest absolute Gasteiger partial charge is 0.489 e. The predicted molar refractivity (Wildman–Crippen MR) is 128 cm³/mol. The Labute approximate surface area is 191 Å². The summed E-state index contributed by atoms with van der Waals surface area (Å²) in [6.45, 7) is 4.24. The second-order valence-corrected chi connectivity index (χ2v) is 8.61. The first-order valence-corrected chi connectivity index (χ1v) is 11.2. The molecule has 1 amide bonds. The third-order valence-corrected chi connectivity index (χ3v) is 5.79. The fourth-order valence-electron chi connectivity index (χ4n) is 3.24. The van der Waals surface area contributed by atoms with Gasteiger partial charge in [0.15, 0.2) is 5.17 Å². The van der Waals surface area contributed by atoms with Crippen LogP contribution in [0.25, 0.3) is 6.08 Å². The van der Waals surface area contributed by atoms with Crippen molar-refractivity contribution in [2.24, 2.45) is 4.99 Å². The summed E-state index contributed by atoms with van der Waals surface area (Å²) in [5.74, 6) is 0.348. The van der Waals surface area contributed by atoms with Crippen molar-refractivity contribution in [2.75, 3.05) is 0 Å². The molecule has 0 atom stereocenters. The number of para-hydroxylation sites is 1. The Balaban J connectivity index is 1.49. The normalized spacial score (nSPS) is 16.4. The van der Waals surface area contributed by atoms with Gasteiger partial charge in [-0.1, -0.05) is 42.5 Å². The van der Waals surface area contributed by atoms with E-state index in [1.165, 1.54) is 23.9 Å². The zero-order valence-electron chi connectivity index (χ0n) is 17.9. The monoisotopic (exact) mass is 446 g/mol. The molecule has 1 saturated heterocycles. The Morgan fingerprint density at radius 1 is 1.03 bits per heavy atom. The van der Waals surface area contributed by atoms with Crippen LogP contribution in [0.2, 0.25) is 0 Å². The SMILES string of the molecule is CC(C)N1C(=O)/C(=C\c2ccc(OCc3cccc(F)c3)cc2)SC1=Nc1ccccc1. The summed E-state index contributed by atoms with van der Waals surface area (Å²) in [6.07, 6.45) is 1.87. The van der Waals surface area contributed by atoms with Gasteiger partial charge in [0.25, 0.3) is 5.91 Å². The molecule has 0 spiro atoms. The van der Waals surface area contributed by atoms with Gasteiger partial charge in [0.05, 0.1) is 10.6 Å². The first-order chi connectivity index (χ1) is 15.5. The van der Waals surface area contributed by atoms with Gasteiger partial charge in [-0.15, -0.1) is 0 Å². The van der Waals surface area contributed by atoms with Gasteiger partial charge in [0.2, 0.25) is 0 Å². The number of rotatable bonds is 6. The van der Waals surface area contributed by atoms with E-state index in [1.54, 1.807) is 11.0 Å². The molecule has 1 aliphatic rings. The minimum Gasteiger partial charge on any atom is -0.489 e. The number of nitrogens with zero attached hydrogens (tertiary/aromatic N) is 2. The lowest BCUT2D eigenvalue weighted by molar-refractivity contribution is -0.123. The minimum absolute atomic E-state index is 0.00182. The second kappa shape index (κ2) is 9.83. The van der Waals surface area contributed by atoms with Crippen molar-refractivity contribution < 1.29 is 13.9 Å². The zero-order valence-corrected chi connectivity index (χ0v) is 18.7. The van der Waals surface area contributed by atoms with Crippen LogP contribution in [0.5, 0.6) is 5.75 Å². The number of carbonyl (C=O) groups is 1. The number of halogens is 1. The number of ether oxygens (including phenoxy) is 1. The maximum absolute atomic E-state index is 13.3. The van der Waals surface area contributed by atoms with Gasteiger partial charge in [-0.2, -0.15) is 0 Å². The Hall–Kier alpha value is -3.38. The van der Waals surface area contributed by atoms with Crippen molar-refractivity contribution in [3.63, 3.8) is 0 Å². The molecule has 0 radical (unpaired) electrons. The highest BCUT2D eigenvalue weighted by Crippen LogP contribution is 2.35. The molecule has 0 aliphatic carbocycles. The maximum atomic E-state index is 13.3. The topological polar surface area (TPSA) is 41.9 Å². The summed E-state index contributed by atoms with van der Waals surface area (Å²) in [4.78, 5) is 20.0. The Morgan fingerprint density at radius 3 is 2.47 bits per heavy atom. The first kappa shape index (κ1) is 21.8.